The zero-order valence-corrected chi connectivity index (χ0v) is 18.2. The van der Waals surface area contributed by atoms with Gasteiger partial charge in [-0.2, -0.15) is 4.31 Å². The van der Waals surface area contributed by atoms with E-state index in [1.165, 1.54) is 16.4 Å². The molecule has 9 heteroatoms. The minimum atomic E-state index is -3.74. The van der Waals surface area contributed by atoms with Crippen LogP contribution >= 0.6 is 0 Å². The van der Waals surface area contributed by atoms with Crippen LogP contribution in [0.4, 0.5) is 11.4 Å². The van der Waals surface area contributed by atoms with Crippen LogP contribution in [0.2, 0.25) is 0 Å². The molecule has 2 aromatic rings. The van der Waals surface area contributed by atoms with Crippen molar-refractivity contribution in [2.24, 2.45) is 5.92 Å². The van der Waals surface area contributed by atoms with E-state index >= 15 is 0 Å². The van der Waals surface area contributed by atoms with Crippen LogP contribution in [0.5, 0.6) is 5.75 Å². The highest BCUT2D eigenvalue weighted by Gasteiger charge is 2.33. The van der Waals surface area contributed by atoms with E-state index in [-0.39, 0.29) is 35.7 Å². The summed E-state index contributed by atoms with van der Waals surface area (Å²) in [5.74, 6) is -0.214. The summed E-state index contributed by atoms with van der Waals surface area (Å²) in [4.78, 5) is 24.5. The third-order valence-corrected chi connectivity index (χ3v) is 7.56. The number of amides is 2. The first-order valence-electron chi connectivity index (χ1n) is 10.2. The second-order valence-corrected chi connectivity index (χ2v) is 9.88. The topological polar surface area (TPSA) is 105 Å². The predicted octanol–water partition coefficient (Wildman–Crippen LogP) is 2.75. The van der Waals surface area contributed by atoms with Crippen molar-refractivity contribution < 1.29 is 22.7 Å². The van der Waals surface area contributed by atoms with Crippen molar-refractivity contribution in [3.8, 4) is 5.75 Å². The summed E-state index contributed by atoms with van der Waals surface area (Å²) >= 11 is 0. The monoisotopic (exact) mass is 443 g/mol. The number of fused-ring (bicyclic) bond motifs is 1. The average molecular weight is 444 g/mol. The molecule has 164 valence electrons. The van der Waals surface area contributed by atoms with Crippen molar-refractivity contribution in [1.82, 2.24) is 4.31 Å². The van der Waals surface area contributed by atoms with Gasteiger partial charge in [0, 0.05) is 24.7 Å². The van der Waals surface area contributed by atoms with Gasteiger partial charge in [-0.05, 0) is 57.0 Å². The molecule has 0 bridgehead atoms. The minimum absolute atomic E-state index is 0.0901. The van der Waals surface area contributed by atoms with Crippen LogP contribution in [0.25, 0.3) is 0 Å². The molecule has 1 atom stereocenters. The van der Waals surface area contributed by atoms with Crippen molar-refractivity contribution in [3.05, 3.63) is 48.0 Å². The lowest BCUT2D eigenvalue weighted by Crippen LogP contribution is -2.41. The molecule has 8 nitrogen and oxygen atoms in total. The van der Waals surface area contributed by atoms with E-state index in [2.05, 4.69) is 10.6 Å². The first-order chi connectivity index (χ1) is 14.7. The van der Waals surface area contributed by atoms with E-state index in [0.29, 0.717) is 24.3 Å². The SMILES string of the molecule is Cc1ccc(NC(=O)C2CCN(S(=O)(=O)c3ccc4c(c3)NC(=O)[C@@H](C)O4)CC2)cc1. The first kappa shape index (κ1) is 21.3. The number of nitrogens with one attached hydrogen (secondary N) is 2. The summed E-state index contributed by atoms with van der Waals surface area (Å²) in [7, 11) is -3.74. The van der Waals surface area contributed by atoms with Crippen molar-refractivity contribution in [2.75, 3.05) is 23.7 Å². The highest BCUT2D eigenvalue weighted by atomic mass is 32.2. The van der Waals surface area contributed by atoms with Crippen LogP contribution in [-0.4, -0.2) is 43.7 Å². The lowest BCUT2D eigenvalue weighted by atomic mass is 9.97. The first-order valence-corrected chi connectivity index (χ1v) is 11.7. The summed E-state index contributed by atoms with van der Waals surface area (Å²) in [6, 6.07) is 12.0. The second kappa shape index (κ2) is 8.32. The van der Waals surface area contributed by atoms with Crippen LogP contribution < -0.4 is 15.4 Å². The van der Waals surface area contributed by atoms with E-state index in [1.54, 1.807) is 13.0 Å². The van der Waals surface area contributed by atoms with Crippen LogP contribution in [0, 0.1) is 12.8 Å². The van der Waals surface area contributed by atoms with Gasteiger partial charge in [0.1, 0.15) is 5.75 Å². The number of rotatable bonds is 4. The Bertz CT molecular complexity index is 1110. The van der Waals surface area contributed by atoms with Gasteiger partial charge in [-0.25, -0.2) is 8.42 Å². The van der Waals surface area contributed by atoms with Crippen molar-refractivity contribution in [2.45, 2.75) is 37.7 Å². The molecule has 1 saturated heterocycles. The standard InChI is InChI=1S/C22H25N3O5S/c1-14-3-5-17(6-4-14)23-22(27)16-9-11-25(12-10-16)31(28,29)18-7-8-20-19(13-18)24-21(26)15(2)30-20/h3-8,13,15-16H,9-12H2,1-2H3,(H,23,27)(H,24,26)/t15-/m1/s1. The number of benzene rings is 2. The molecule has 0 aliphatic carbocycles. The van der Waals surface area contributed by atoms with Crippen LogP contribution in [0.1, 0.15) is 25.3 Å². The number of ether oxygens (including phenoxy) is 1. The van der Waals surface area contributed by atoms with Gasteiger partial charge in [0.25, 0.3) is 5.91 Å². The molecule has 0 radical (unpaired) electrons. The fraction of sp³-hybridized carbons (Fsp3) is 0.364. The number of carbonyl (C=O) groups is 2. The van der Waals surface area contributed by atoms with Crippen LogP contribution in [0.15, 0.2) is 47.4 Å². The molecule has 0 unspecified atom stereocenters. The van der Waals surface area contributed by atoms with E-state index < -0.39 is 16.1 Å². The molecule has 0 spiro atoms. The molecular weight excluding hydrogens is 418 g/mol. The number of piperidine rings is 1. The summed E-state index contributed by atoms with van der Waals surface area (Å²) in [5.41, 5.74) is 2.19. The quantitative estimate of drug-likeness (QED) is 0.756. The Labute approximate surface area is 181 Å². The minimum Gasteiger partial charge on any atom is -0.479 e. The molecule has 4 rings (SSSR count). The Morgan fingerprint density at radius 3 is 2.48 bits per heavy atom. The van der Waals surface area contributed by atoms with Crippen molar-refractivity contribution in [3.63, 3.8) is 0 Å². The van der Waals surface area contributed by atoms with Gasteiger partial charge in [0.05, 0.1) is 10.6 Å². The Morgan fingerprint density at radius 1 is 1.13 bits per heavy atom. The Balaban J connectivity index is 1.41. The molecule has 1 fully saturated rings. The smallest absolute Gasteiger partial charge is 0.265 e. The average Bonchev–Trinajstić information content (AvgIpc) is 2.76. The van der Waals surface area contributed by atoms with Gasteiger partial charge in [-0.15, -0.1) is 0 Å². The molecule has 2 aromatic carbocycles. The van der Waals surface area contributed by atoms with Gasteiger partial charge < -0.3 is 15.4 Å². The predicted molar refractivity (Wildman–Crippen MR) is 116 cm³/mol. The molecule has 0 aromatic heterocycles. The molecule has 2 amide bonds. The fourth-order valence-corrected chi connectivity index (χ4v) is 5.23. The van der Waals surface area contributed by atoms with Crippen LogP contribution in [0.3, 0.4) is 0 Å². The summed E-state index contributed by atoms with van der Waals surface area (Å²) in [5, 5.41) is 5.58. The van der Waals surface area contributed by atoms with E-state index in [9.17, 15) is 18.0 Å². The van der Waals surface area contributed by atoms with Crippen LogP contribution in [-0.2, 0) is 19.6 Å². The number of anilines is 2. The molecule has 0 saturated carbocycles. The van der Waals surface area contributed by atoms with Gasteiger partial charge in [0.15, 0.2) is 6.10 Å². The second-order valence-electron chi connectivity index (χ2n) is 7.94. The Morgan fingerprint density at radius 2 is 1.81 bits per heavy atom. The van der Waals surface area contributed by atoms with Crippen molar-refractivity contribution in [1.29, 1.82) is 0 Å². The van der Waals surface area contributed by atoms with E-state index in [4.69, 9.17) is 4.74 Å². The number of aryl methyl sites for hydroxylation is 1. The highest BCUT2D eigenvalue weighted by molar-refractivity contribution is 7.89. The lowest BCUT2D eigenvalue weighted by Gasteiger charge is -2.31. The lowest BCUT2D eigenvalue weighted by molar-refractivity contribution is -0.123. The molecule has 31 heavy (non-hydrogen) atoms. The van der Waals surface area contributed by atoms with Gasteiger partial charge in [-0.3, -0.25) is 9.59 Å². The van der Waals surface area contributed by atoms with Gasteiger partial charge in [-0.1, -0.05) is 17.7 Å². The number of nitrogens with zero attached hydrogens (tertiary/aromatic N) is 1. The molecule has 2 aliphatic heterocycles. The Kier molecular flexibility index (Phi) is 5.72. The zero-order chi connectivity index (χ0) is 22.2. The fourth-order valence-electron chi connectivity index (χ4n) is 3.74. The number of sulfonamides is 1. The van der Waals surface area contributed by atoms with Gasteiger partial charge >= 0.3 is 0 Å². The number of hydrogen-bond acceptors (Lipinski definition) is 5. The number of carbonyl (C=O) groups excluding carboxylic acids is 2. The molecule has 2 aliphatic rings. The third kappa shape index (κ3) is 4.42. The zero-order valence-electron chi connectivity index (χ0n) is 17.4. The van der Waals surface area contributed by atoms with Crippen molar-refractivity contribution >= 4 is 33.2 Å². The van der Waals surface area contributed by atoms with Gasteiger partial charge in [0.2, 0.25) is 15.9 Å². The number of hydrogen-bond donors (Lipinski definition) is 2. The summed E-state index contributed by atoms with van der Waals surface area (Å²) in [6.45, 7) is 4.12. The maximum Gasteiger partial charge on any atom is 0.265 e. The normalized spacial score (nSPS) is 19.8. The largest absolute Gasteiger partial charge is 0.479 e. The maximum atomic E-state index is 13.1. The van der Waals surface area contributed by atoms with E-state index in [0.717, 1.165) is 11.3 Å². The maximum absolute atomic E-state index is 13.1. The summed E-state index contributed by atoms with van der Waals surface area (Å²) in [6.07, 6.45) is 0.262. The molecule has 2 N–H and O–H groups in total. The molecule has 2 heterocycles. The third-order valence-electron chi connectivity index (χ3n) is 5.66. The Hall–Kier alpha value is -2.91. The van der Waals surface area contributed by atoms with E-state index in [1.807, 2.05) is 31.2 Å². The summed E-state index contributed by atoms with van der Waals surface area (Å²) < 4.78 is 33.1. The highest BCUT2D eigenvalue weighted by Crippen LogP contribution is 2.33. The molecular formula is C22H25N3O5S.